The first-order valence-corrected chi connectivity index (χ1v) is 17.8. The van der Waals surface area contributed by atoms with Crippen LogP contribution >= 0.6 is 0 Å². The van der Waals surface area contributed by atoms with Gasteiger partial charge in [0.25, 0.3) is 0 Å². The largest absolute Gasteiger partial charge is 0.310 e. The molecule has 0 N–H and O–H groups in total. The summed E-state index contributed by atoms with van der Waals surface area (Å²) in [7, 11) is 0. The highest BCUT2D eigenvalue weighted by molar-refractivity contribution is 6.21. The highest BCUT2D eigenvalue weighted by atomic mass is 15.1. The van der Waals surface area contributed by atoms with Gasteiger partial charge in [-0.25, -0.2) is 0 Å². The van der Waals surface area contributed by atoms with E-state index in [-0.39, 0.29) is 5.41 Å². The Morgan fingerprint density at radius 3 is 1.80 bits per heavy atom. The molecule has 1 aliphatic carbocycles. The molecule has 0 saturated carbocycles. The number of fused-ring (bicyclic) bond motifs is 8. The Hall–Kier alpha value is -6.38. The molecule has 1 aliphatic rings. The summed E-state index contributed by atoms with van der Waals surface area (Å²) in [4.78, 5) is 2.38. The summed E-state index contributed by atoms with van der Waals surface area (Å²) in [5.74, 6) is 0. The van der Waals surface area contributed by atoms with Gasteiger partial charge in [0.1, 0.15) is 0 Å². The van der Waals surface area contributed by atoms with Crippen molar-refractivity contribution in [1.82, 2.24) is 4.57 Å². The van der Waals surface area contributed by atoms with Gasteiger partial charge in [0.05, 0.1) is 11.0 Å². The molecule has 2 nitrogen and oxygen atoms in total. The number of hydrogen-bond acceptors (Lipinski definition) is 1. The van der Waals surface area contributed by atoms with Gasteiger partial charge in [-0.1, -0.05) is 135 Å². The molecule has 1 aromatic heterocycles. The predicted molar refractivity (Wildman–Crippen MR) is 216 cm³/mol. The van der Waals surface area contributed by atoms with Crippen molar-refractivity contribution >= 4 is 49.6 Å². The zero-order valence-corrected chi connectivity index (χ0v) is 28.7. The average Bonchev–Trinajstić information content (AvgIpc) is 3.64. The van der Waals surface area contributed by atoms with Gasteiger partial charge in [-0.05, 0) is 105 Å². The van der Waals surface area contributed by atoms with Gasteiger partial charge in [-0.15, -0.1) is 0 Å². The van der Waals surface area contributed by atoms with Crippen molar-refractivity contribution in [3.8, 4) is 27.9 Å². The van der Waals surface area contributed by atoms with Gasteiger partial charge < -0.3 is 9.47 Å². The molecule has 0 amide bonds. The lowest BCUT2D eigenvalue weighted by molar-refractivity contribution is 0.660. The molecule has 0 bridgehead atoms. The second-order valence-electron chi connectivity index (χ2n) is 14.2. The maximum Gasteiger partial charge on any atom is 0.0547 e. The van der Waals surface area contributed by atoms with E-state index in [9.17, 15) is 0 Å². The molecule has 2 heteroatoms. The van der Waals surface area contributed by atoms with Crippen LogP contribution in [0.5, 0.6) is 0 Å². The average molecular weight is 653 g/mol. The SMILES string of the molecule is CC1(C)c2cc(N(c3ccccc3)c3ccc(-c4ccccc4)cc3)ccc2-c2ccc(-n3c4ccccc4c4c5ccccc5ccc43)cc21. The molecular formula is C49H36N2. The summed E-state index contributed by atoms with van der Waals surface area (Å²) in [5.41, 5.74) is 14.7. The highest BCUT2D eigenvalue weighted by Crippen LogP contribution is 2.51. The quantitative estimate of drug-likeness (QED) is 0.180. The summed E-state index contributed by atoms with van der Waals surface area (Å²) < 4.78 is 2.46. The molecule has 8 aromatic carbocycles. The third-order valence-corrected chi connectivity index (χ3v) is 11.0. The lowest BCUT2D eigenvalue weighted by Gasteiger charge is -2.28. The van der Waals surface area contributed by atoms with Crippen molar-refractivity contribution < 1.29 is 0 Å². The predicted octanol–water partition coefficient (Wildman–Crippen LogP) is 13.4. The summed E-state index contributed by atoms with van der Waals surface area (Å²) >= 11 is 0. The molecule has 10 rings (SSSR count). The van der Waals surface area contributed by atoms with Crippen LogP contribution in [0.3, 0.4) is 0 Å². The van der Waals surface area contributed by atoms with E-state index in [1.54, 1.807) is 0 Å². The normalized spacial score (nSPS) is 13.1. The lowest BCUT2D eigenvalue weighted by Crippen LogP contribution is -2.17. The Morgan fingerprint density at radius 2 is 1.02 bits per heavy atom. The van der Waals surface area contributed by atoms with E-state index < -0.39 is 0 Å². The topological polar surface area (TPSA) is 8.17 Å². The summed E-state index contributed by atoms with van der Waals surface area (Å²) in [5, 5.41) is 5.17. The van der Waals surface area contributed by atoms with E-state index >= 15 is 0 Å². The molecule has 0 fully saturated rings. The summed E-state index contributed by atoms with van der Waals surface area (Å²) in [6, 6.07) is 66.5. The maximum atomic E-state index is 2.46. The van der Waals surface area contributed by atoms with Crippen LogP contribution in [0.25, 0.3) is 60.5 Å². The van der Waals surface area contributed by atoms with E-state index in [1.807, 2.05) is 0 Å². The molecule has 0 atom stereocenters. The molecule has 0 spiro atoms. The van der Waals surface area contributed by atoms with Gasteiger partial charge in [0.2, 0.25) is 0 Å². The minimum Gasteiger partial charge on any atom is -0.310 e. The first kappa shape index (κ1) is 29.5. The van der Waals surface area contributed by atoms with Crippen LogP contribution in [-0.2, 0) is 5.41 Å². The molecule has 242 valence electrons. The van der Waals surface area contributed by atoms with Crippen LogP contribution < -0.4 is 4.90 Å². The zero-order chi connectivity index (χ0) is 34.1. The maximum absolute atomic E-state index is 2.46. The third kappa shape index (κ3) is 4.57. The van der Waals surface area contributed by atoms with Crippen LogP contribution in [-0.4, -0.2) is 4.57 Å². The Balaban J connectivity index is 1.09. The lowest BCUT2D eigenvalue weighted by atomic mass is 9.82. The Bertz CT molecular complexity index is 2750. The second-order valence-corrected chi connectivity index (χ2v) is 14.2. The van der Waals surface area contributed by atoms with Crippen molar-refractivity contribution in [2.24, 2.45) is 0 Å². The van der Waals surface area contributed by atoms with Gasteiger partial charge in [-0.2, -0.15) is 0 Å². The molecule has 0 saturated heterocycles. The monoisotopic (exact) mass is 652 g/mol. The van der Waals surface area contributed by atoms with Gasteiger partial charge >= 0.3 is 0 Å². The minimum atomic E-state index is -0.193. The highest BCUT2D eigenvalue weighted by Gasteiger charge is 2.36. The van der Waals surface area contributed by atoms with Gasteiger partial charge in [-0.3, -0.25) is 0 Å². The van der Waals surface area contributed by atoms with Crippen LogP contribution in [0.4, 0.5) is 17.1 Å². The first-order valence-electron chi connectivity index (χ1n) is 17.8. The molecule has 0 aliphatic heterocycles. The Kier molecular flexibility index (Phi) is 6.56. The number of anilines is 3. The summed E-state index contributed by atoms with van der Waals surface area (Å²) in [6.07, 6.45) is 0. The van der Waals surface area contributed by atoms with E-state index in [4.69, 9.17) is 0 Å². The summed E-state index contributed by atoms with van der Waals surface area (Å²) in [6.45, 7) is 4.76. The molecular weight excluding hydrogens is 617 g/mol. The number of hydrogen-bond donors (Lipinski definition) is 0. The van der Waals surface area contributed by atoms with Crippen LogP contribution in [0.1, 0.15) is 25.0 Å². The standard InChI is InChI=1S/C49H36N2/c1-49(2)44-31-38(50(36-16-7-4-8-17-36)37-24-21-34(22-25-37)33-13-5-3-6-14-33)26-28-41(44)42-29-27-39(32-45(42)49)51-46-20-12-11-19-43(46)48-40-18-10-9-15-35(40)23-30-47(48)51/h3-32H,1-2H3. The van der Waals surface area contributed by atoms with Gasteiger partial charge in [0, 0.05) is 38.9 Å². The van der Waals surface area contributed by atoms with Crippen LogP contribution in [0.2, 0.25) is 0 Å². The number of aromatic nitrogens is 1. The van der Waals surface area contributed by atoms with E-state index in [0.717, 1.165) is 17.1 Å². The zero-order valence-electron chi connectivity index (χ0n) is 28.7. The van der Waals surface area contributed by atoms with Crippen LogP contribution in [0, 0.1) is 0 Å². The first-order chi connectivity index (χ1) is 25.1. The fourth-order valence-electron chi connectivity index (χ4n) is 8.47. The van der Waals surface area contributed by atoms with Crippen LogP contribution in [0.15, 0.2) is 182 Å². The number of rotatable bonds is 5. The smallest absolute Gasteiger partial charge is 0.0547 e. The molecule has 9 aromatic rings. The molecule has 1 heterocycles. The number of para-hydroxylation sites is 2. The van der Waals surface area contributed by atoms with Crippen molar-refractivity contribution in [3.63, 3.8) is 0 Å². The Labute approximate surface area is 298 Å². The van der Waals surface area contributed by atoms with Crippen molar-refractivity contribution in [2.45, 2.75) is 19.3 Å². The number of benzene rings is 8. The number of nitrogens with zero attached hydrogens (tertiary/aromatic N) is 2. The van der Waals surface area contributed by atoms with Gasteiger partial charge in [0.15, 0.2) is 0 Å². The van der Waals surface area contributed by atoms with Crippen molar-refractivity contribution in [1.29, 1.82) is 0 Å². The molecule has 51 heavy (non-hydrogen) atoms. The second kappa shape index (κ2) is 11.3. The fraction of sp³-hybridized carbons (Fsp3) is 0.0612. The van der Waals surface area contributed by atoms with E-state index in [0.29, 0.717) is 0 Å². The molecule has 0 unspecified atom stereocenters. The molecule has 0 radical (unpaired) electrons. The van der Waals surface area contributed by atoms with Crippen molar-refractivity contribution in [2.75, 3.05) is 4.90 Å². The Morgan fingerprint density at radius 1 is 0.431 bits per heavy atom. The van der Waals surface area contributed by atoms with E-state index in [1.165, 1.54) is 71.6 Å². The third-order valence-electron chi connectivity index (χ3n) is 11.0. The fourth-order valence-corrected chi connectivity index (χ4v) is 8.47. The van der Waals surface area contributed by atoms with E-state index in [2.05, 4.69) is 205 Å². The minimum absolute atomic E-state index is 0.193. The van der Waals surface area contributed by atoms with Crippen molar-refractivity contribution in [3.05, 3.63) is 193 Å².